The van der Waals surface area contributed by atoms with E-state index < -0.39 is 0 Å². The summed E-state index contributed by atoms with van der Waals surface area (Å²) in [5.74, 6) is 1.75. The lowest BCUT2D eigenvalue weighted by atomic mass is 10.1. The molecule has 1 fully saturated rings. The molecule has 2 aromatic rings. The van der Waals surface area contributed by atoms with Gasteiger partial charge < -0.3 is 10.0 Å². The number of aromatic nitrogens is 3. The largest absolute Gasteiger partial charge is 0.396 e. The van der Waals surface area contributed by atoms with Crippen LogP contribution in [0.3, 0.4) is 0 Å². The number of aliphatic hydroxyl groups excluding tert-OH is 1. The van der Waals surface area contributed by atoms with Gasteiger partial charge in [0, 0.05) is 56.2 Å². The molecule has 0 spiro atoms. The molecule has 6 heteroatoms. The van der Waals surface area contributed by atoms with Crippen molar-refractivity contribution in [2.75, 3.05) is 37.7 Å². The second-order valence-corrected chi connectivity index (χ2v) is 7.70. The summed E-state index contributed by atoms with van der Waals surface area (Å²) in [7, 11) is 0. The van der Waals surface area contributed by atoms with Crippen LogP contribution in [0.4, 0.5) is 5.82 Å². The molecule has 0 bridgehead atoms. The lowest BCUT2D eigenvalue weighted by Crippen LogP contribution is -2.54. The van der Waals surface area contributed by atoms with E-state index in [9.17, 15) is 5.11 Å². The second kappa shape index (κ2) is 7.30. The highest BCUT2D eigenvalue weighted by molar-refractivity contribution is 5.57. The van der Waals surface area contributed by atoms with E-state index in [1.165, 1.54) is 0 Å². The van der Waals surface area contributed by atoms with E-state index in [0.717, 1.165) is 61.0 Å². The van der Waals surface area contributed by atoms with Crippen LogP contribution in [0.15, 0.2) is 6.07 Å². The average Bonchev–Trinajstić information content (AvgIpc) is 2.83. The maximum absolute atomic E-state index is 9.51. The summed E-state index contributed by atoms with van der Waals surface area (Å²) in [6, 6.07) is 2.51. The molecule has 1 unspecified atom stereocenters. The van der Waals surface area contributed by atoms with Gasteiger partial charge in [-0.2, -0.15) is 9.61 Å². The van der Waals surface area contributed by atoms with Gasteiger partial charge in [0.05, 0.1) is 5.69 Å². The topological polar surface area (TPSA) is 56.9 Å². The minimum absolute atomic E-state index is 0.234. The lowest BCUT2D eigenvalue weighted by molar-refractivity contribution is 0.128. The highest BCUT2D eigenvalue weighted by Crippen LogP contribution is 2.25. The predicted octanol–water partition coefficient (Wildman–Crippen LogP) is 2.18. The van der Waals surface area contributed by atoms with Crippen molar-refractivity contribution in [3.63, 3.8) is 0 Å². The summed E-state index contributed by atoms with van der Waals surface area (Å²) >= 11 is 0. The van der Waals surface area contributed by atoms with E-state index in [4.69, 9.17) is 5.10 Å². The van der Waals surface area contributed by atoms with Gasteiger partial charge in [-0.15, -0.1) is 0 Å². The monoisotopic (exact) mass is 345 g/mol. The first-order chi connectivity index (χ1) is 11.9. The van der Waals surface area contributed by atoms with E-state index >= 15 is 0 Å². The SMILES string of the molecule is Cc1cc(N2CCN(CC(C)C)C(CCO)C2)n2nc(C)c(C)c2n1. The first-order valence-corrected chi connectivity index (χ1v) is 9.34. The van der Waals surface area contributed by atoms with Gasteiger partial charge in [0.15, 0.2) is 5.65 Å². The summed E-state index contributed by atoms with van der Waals surface area (Å²) < 4.78 is 1.99. The zero-order valence-electron chi connectivity index (χ0n) is 16.2. The number of anilines is 1. The van der Waals surface area contributed by atoms with E-state index in [1.54, 1.807) is 0 Å². The molecular weight excluding hydrogens is 314 g/mol. The number of hydrogen-bond acceptors (Lipinski definition) is 5. The molecule has 3 heterocycles. The van der Waals surface area contributed by atoms with Crippen LogP contribution in [0, 0.1) is 26.7 Å². The van der Waals surface area contributed by atoms with Gasteiger partial charge in [-0.25, -0.2) is 4.98 Å². The minimum Gasteiger partial charge on any atom is -0.396 e. The molecule has 0 aromatic carbocycles. The fraction of sp³-hybridized carbons (Fsp3) is 0.684. The van der Waals surface area contributed by atoms with Crippen LogP contribution < -0.4 is 4.90 Å². The fourth-order valence-corrected chi connectivity index (χ4v) is 3.79. The zero-order chi connectivity index (χ0) is 18.1. The molecule has 0 amide bonds. The third-order valence-electron chi connectivity index (χ3n) is 5.16. The Hall–Kier alpha value is -1.66. The molecule has 138 valence electrons. The summed E-state index contributed by atoms with van der Waals surface area (Å²) in [5.41, 5.74) is 4.16. The lowest BCUT2D eigenvalue weighted by Gasteiger charge is -2.43. The standard InChI is InChI=1S/C19H31N5O/c1-13(2)11-22-7-8-23(12-17(22)6-9-25)18-10-14(3)20-19-15(4)16(5)21-24(18)19/h10,13,17,25H,6-9,11-12H2,1-5H3. The van der Waals surface area contributed by atoms with Crippen molar-refractivity contribution in [1.29, 1.82) is 0 Å². The molecular formula is C19H31N5O. The first kappa shape index (κ1) is 18.1. The molecule has 25 heavy (non-hydrogen) atoms. The Bertz CT molecular complexity index is 739. The molecule has 1 N–H and O–H groups in total. The van der Waals surface area contributed by atoms with Gasteiger partial charge in [-0.3, -0.25) is 4.90 Å². The second-order valence-electron chi connectivity index (χ2n) is 7.70. The molecule has 0 saturated carbocycles. The fourth-order valence-electron chi connectivity index (χ4n) is 3.79. The Balaban J connectivity index is 1.92. The van der Waals surface area contributed by atoms with Crippen molar-refractivity contribution in [2.45, 2.75) is 47.1 Å². The van der Waals surface area contributed by atoms with Crippen molar-refractivity contribution in [3.8, 4) is 0 Å². The van der Waals surface area contributed by atoms with Crippen LogP contribution in [0.5, 0.6) is 0 Å². The highest BCUT2D eigenvalue weighted by Gasteiger charge is 2.28. The number of fused-ring (bicyclic) bond motifs is 1. The van der Waals surface area contributed by atoms with Crippen molar-refractivity contribution in [1.82, 2.24) is 19.5 Å². The maximum Gasteiger partial charge on any atom is 0.160 e. The molecule has 1 atom stereocenters. The third-order valence-corrected chi connectivity index (χ3v) is 5.16. The highest BCUT2D eigenvalue weighted by atomic mass is 16.3. The van der Waals surface area contributed by atoms with Crippen molar-refractivity contribution in [3.05, 3.63) is 23.0 Å². The van der Waals surface area contributed by atoms with Gasteiger partial charge in [-0.05, 0) is 33.1 Å². The van der Waals surface area contributed by atoms with Crippen LogP contribution in [0.25, 0.3) is 5.65 Å². The zero-order valence-corrected chi connectivity index (χ0v) is 16.2. The Morgan fingerprint density at radius 3 is 2.68 bits per heavy atom. The number of aryl methyl sites for hydroxylation is 3. The van der Waals surface area contributed by atoms with Crippen molar-refractivity contribution in [2.24, 2.45) is 5.92 Å². The maximum atomic E-state index is 9.51. The van der Waals surface area contributed by atoms with Crippen LogP contribution in [0.2, 0.25) is 0 Å². The van der Waals surface area contributed by atoms with Crippen LogP contribution in [0.1, 0.15) is 37.2 Å². The van der Waals surface area contributed by atoms with Gasteiger partial charge >= 0.3 is 0 Å². The van der Waals surface area contributed by atoms with Gasteiger partial charge in [0.1, 0.15) is 5.82 Å². The van der Waals surface area contributed by atoms with Crippen molar-refractivity contribution >= 4 is 11.5 Å². The number of aliphatic hydroxyl groups is 1. The summed E-state index contributed by atoms with van der Waals surface area (Å²) in [6.07, 6.45) is 0.813. The smallest absolute Gasteiger partial charge is 0.160 e. The molecule has 0 radical (unpaired) electrons. The van der Waals surface area contributed by atoms with Gasteiger partial charge in [-0.1, -0.05) is 13.8 Å². The van der Waals surface area contributed by atoms with Gasteiger partial charge in [0.25, 0.3) is 0 Å². The molecule has 2 aromatic heterocycles. The van der Waals surface area contributed by atoms with E-state index in [1.807, 2.05) is 18.4 Å². The average molecular weight is 345 g/mol. The molecule has 1 aliphatic heterocycles. The first-order valence-electron chi connectivity index (χ1n) is 9.34. The minimum atomic E-state index is 0.234. The quantitative estimate of drug-likeness (QED) is 0.900. The number of piperazine rings is 1. The Labute approximate surface area is 150 Å². The molecule has 6 nitrogen and oxygen atoms in total. The Morgan fingerprint density at radius 2 is 2.00 bits per heavy atom. The van der Waals surface area contributed by atoms with Gasteiger partial charge in [0.2, 0.25) is 0 Å². The normalized spacial score (nSPS) is 19.3. The van der Waals surface area contributed by atoms with E-state index in [-0.39, 0.29) is 6.61 Å². The number of hydrogen-bond donors (Lipinski definition) is 1. The molecule has 1 aliphatic rings. The molecule has 0 aliphatic carbocycles. The van der Waals surface area contributed by atoms with Crippen LogP contribution >= 0.6 is 0 Å². The predicted molar refractivity (Wildman–Crippen MR) is 101 cm³/mol. The number of rotatable bonds is 5. The third kappa shape index (κ3) is 3.65. The summed E-state index contributed by atoms with van der Waals surface area (Å²) in [4.78, 5) is 9.62. The summed E-state index contributed by atoms with van der Waals surface area (Å²) in [6.45, 7) is 14.9. The Morgan fingerprint density at radius 1 is 1.24 bits per heavy atom. The summed E-state index contributed by atoms with van der Waals surface area (Å²) in [5, 5.41) is 14.2. The van der Waals surface area contributed by atoms with Crippen molar-refractivity contribution < 1.29 is 5.11 Å². The van der Waals surface area contributed by atoms with Crippen LogP contribution in [-0.2, 0) is 0 Å². The Kier molecular flexibility index (Phi) is 5.29. The van der Waals surface area contributed by atoms with E-state index in [0.29, 0.717) is 12.0 Å². The van der Waals surface area contributed by atoms with E-state index in [2.05, 4.69) is 41.6 Å². The molecule has 3 rings (SSSR count). The molecule has 1 saturated heterocycles. The van der Waals surface area contributed by atoms with Crippen LogP contribution in [-0.4, -0.2) is 63.4 Å². The number of nitrogens with zero attached hydrogens (tertiary/aromatic N) is 5.